The van der Waals surface area contributed by atoms with Crippen LogP contribution >= 0.6 is 11.8 Å². The molecular formula is C14H10F4S. The second-order valence-corrected chi connectivity index (χ2v) is 5.21. The summed E-state index contributed by atoms with van der Waals surface area (Å²) in [5, 5.41) is 0. The van der Waals surface area contributed by atoms with Crippen molar-refractivity contribution in [2.45, 2.75) is 23.6 Å². The van der Waals surface area contributed by atoms with Crippen molar-refractivity contribution in [1.82, 2.24) is 0 Å². The van der Waals surface area contributed by atoms with Gasteiger partial charge in [0.05, 0.1) is 0 Å². The molecule has 0 atom stereocenters. The van der Waals surface area contributed by atoms with E-state index in [-0.39, 0.29) is 11.1 Å². The smallest absolute Gasteiger partial charge is 0.130 e. The highest BCUT2D eigenvalue weighted by molar-refractivity contribution is 7.99. The Labute approximate surface area is 112 Å². The van der Waals surface area contributed by atoms with Crippen LogP contribution < -0.4 is 0 Å². The zero-order valence-electron chi connectivity index (χ0n) is 10.2. The van der Waals surface area contributed by atoms with E-state index >= 15 is 0 Å². The van der Waals surface area contributed by atoms with Crippen LogP contribution in [0.25, 0.3) is 0 Å². The predicted molar refractivity (Wildman–Crippen MR) is 66.3 cm³/mol. The van der Waals surface area contributed by atoms with Crippen LogP contribution in [0.5, 0.6) is 0 Å². The first-order valence-corrected chi connectivity index (χ1v) is 6.29. The van der Waals surface area contributed by atoms with Gasteiger partial charge in [0.15, 0.2) is 0 Å². The summed E-state index contributed by atoms with van der Waals surface area (Å²) in [5.74, 6) is -2.81. The molecule has 2 aromatic rings. The van der Waals surface area contributed by atoms with Crippen molar-refractivity contribution in [3.63, 3.8) is 0 Å². The number of halogens is 4. The summed E-state index contributed by atoms with van der Waals surface area (Å²) in [6.07, 6.45) is 0. The molecule has 0 radical (unpaired) electrons. The van der Waals surface area contributed by atoms with Crippen molar-refractivity contribution in [3.8, 4) is 0 Å². The normalized spacial score (nSPS) is 10.8. The first-order chi connectivity index (χ1) is 8.88. The average Bonchev–Trinajstić information content (AvgIpc) is 2.31. The van der Waals surface area contributed by atoms with Gasteiger partial charge in [-0.3, -0.25) is 0 Å². The topological polar surface area (TPSA) is 0 Å². The largest absolute Gasteiger partial charge is 0.207 e. The van der Waals surface area contributed by atoms with Crippen LogP contribution in [0.1, 0.15) is 11.1 Å². The van der Waals surface area contributed by atoms with Gasteiger partial charge in [0.1, 0.15) is 23.3 Å². The van der Waals surface area contributed by atoms with Crippen molar-refractivity contribution in [3.05, 3.63) is 58.7 Å². The van der Waals surface area contributed by atoms with Gasteiger partial charge in [0.25, 0.3) is 0 Å². The fourth-order valence-electron chi connectivity index (χ4n) is 1.57. The molecule has 0 aliphatic carbocycles. The standard InChI is InChI=1S/C14H10F4S/c1-7-11(17)3-9(15)5-13(7)19-14-6-10(16)4-12(18)8(14)2/h3-6H,1-2H3. The molecule has 0 bridgehead atoms. The summed E-state index contributed by atoms with van der Waals surface area (Å²) in [6.45, 7) is 2.98. The van der Waals surface area contributed by atoms with Gasteiger partial charge in [-0.1, -0.05) is 11.8 Å². The van der Waals surface area contributed by atoms with Crippen LogP contribution in [0.2, 0.25) is 0 Å². The molecule has 0 aliphatic rings. The van der Waals surface area contributed by atoms with Crippen LogP contribution in [0, 0.1) is 37.1 Å². The molecular weight excluding hydrogens is 276 g/mol. The predicted octanol–water partition coefficient (Wildman–Crippen LogP) is 5.01. The van der Waals surface area contributed by atoms with Gasteiger partial charge >= 0.3 is 0 Å². The molecule has 5 heteroatoms. The molecule has 0 aromatic heterocycles. The Morgan fingerprint density at radius 2 is 1.05 bits per heavy atom. The molecule has 0 saturated heterocycles. The molecule has 0 fully saturated rings. The van der Waals surface area contributed by atoms with Gasteiger partial charge in [0.2, 0.25) is 0 Å². The fourth-order valence-corrected chi connectivity index (χ4v) is 2.66. The van der Waals surface area contributed by atoms with Crippen LogP contribution in [0.15, 0.2) is 34.1 Å². The van der Waals surface area contributed by atoms with E-state index < -0.39 is 23.3 Å². The number of hydrogen-bond acceptors (Lipinski definition) is 1. The molecule has 0 amide bonds. The van der Waals surface area contributed by atoms with Gasteiger partial charge in [0, 0.05) is 21.9 Å². The van der Waals surface area contributed by atoms with Gasteiger partial charge < -0.3 is 0 Å². The van der Waals surface area contributed by atoms with E-state index in [2.05, 4.69) is 0 Å². The van der Waals surface area contributed by atoms with E-state index in [1.807, 2.05) is 0 Å². The Hall–Kier alpha value is -1.49. The highest BCUT2D eigenvalue weighted by atomic mass is 32.2. The van der Waals surface area contributed by atoms with Crippen LogP contribution in [-0.2, 0) is 0 Å². The SMILES string of the molecule is Cc1c(F)cc(F)cc1Sc1cc(F)cc(F)c1C. The second kappa shape index (κ2) is 5.25. The molecule has 100 valence electrons. The third kappa shape index (κ3) is 2.92. The van der Waals surface area contributed by atoms with Crippen LogP contribution in [0.3, 0.4) is 0 Å². The van der Waals surface area contributed by atoms with Crippen molar-refractivity contribution < 1.29 is 17.6 Å². The zero-order valence-corrected chi connectivity index (χ0v) is 11.0. The summed E-state index contributed by atoms with van der Waals surface area (Å²) in [6, 6.07) is 3.84. The molecule has 0 spiro atoms. The molecule has 19 heavy (non-hydrogen) atoms. The summed E-state index contributed by atoms with van der Waals surface area (Å²) in [5.41, 5.74) is 0.492. The molecule has 2 aromatic carbocycles. The Bertz CT molecular complexity index is 582. The van der Waals surface area contributed by atoms with E-state index in [9.17, 15) is 17.6 Å². The number of benzene rings is 2. The van der Waals surface area contributed by atoms with Crippen LogP contribution in [0.4, 0.5) is 17.6 Å². The third-order valence-corrected chi connectivity index (χ3v) is 4.03. The molecule has 0 N–H and O–H groups in total. The summed E-state index contributed by atoms with van der Waals surface area (Å²) in [7, 11) is 0. The van der Waals surface area contributed by atoms with Crippen molar-refractivity contribution >= 4 is 11.8 Å². The Morgan fingerprint density at radius 1 is 0.684 bits per heavy atom. The highest BCUT2D eigenvalue weighted by Gasteiger charge is 2.13. The molecule has 0 nitrogen and oxygen atoms in total. The number of hydrogen-bond donors (Lipinski definition) is 0. The minimum atomic E-state index is -0.722. The van der Waals surface area contributed by atoms with E-state index in [0.717, 1.165) is 36.0 Å². The van der Waals surface area contributed by atoms with E-state index in [1.165, 1.54) is 13.8 Å². The number of rotatable bonds is 2. The minimum Gasteiger partial charge on any atom is -0.207 e. The van der Waals surface area contributed by atoms with Gasteiger partial charge in [-0.05, 0) is 37.1 Å². The lowest BCUT2D eigenvalue weighted by Crippen LogP contribution is -1.92. The zero-order chi connectivity index (χ0) is 14.2. The minimum absolute atomic E-state index is 0.246. The fraction of sp³-hybridized carbons (Fsp3) is 0.143. The first kappa shape index (κ1) is 13.9. The maximum atomic E-state index is 13.4. The van der Waals surface area contributed by atoms with Crippen molar-refractivity contribution in [2.75, 3.05) is 0 Å². The Kier molecular flexibility index (Phi) is 3.85. The molecule has 2 rings (SSSR count). The Morgan fingerprint density at radius 3 is 1.42 bits per heavy atom. The quantitative estimate of drug-likeness (QED) is 0.699. The van der Waals surface area contributed by atoms with Gasteiger partial charge in [-0.15, -0.1) is 0 Å². The van der Waals surface area contributed by atoms with Gasteiger partial charge in [-0.25, -0.2) is 17.6 Å². The van der Waals surface area contributed by atoms with Crippen molar-refractivity contribution in [2.24, 2.45) is 0 Å². The van der Waals surface area contributed by atoms with E-state index in [1.54, 1.807) is 0 Å². The van der Waals surface area contributed by atoms with E-state index in [4.69, 9.17) is 0 Å². The van der Waals surface area contributed by atoms with Crippen LogP contribution in [-0.4, -0.2) is 0 Å². The van der Waals surface area contributed by atoms with Gasteiger partial charge in [-0.2, -0.15) is 0 Å². The molecule has 0 saturated carbocycles. The second-order valence-electron chi connectivity index (χ2n) is 4.12. The lowest BCUT2D eigenvalue weighted by molar-refractivity contribution is 0.569. The summed E-state index contributed by atoms with van der Waals surface area (Å²) >= 11 is 0.937. The lowest BCUT2D eigenvalue weighted by atomic mass is 10.2. The summed E-state index contributed by atoms with van der Waals surface area (Å²) < 4.78 is 53.1. The van der Waals surface area contributed by atoms with Crippen molar-refractivity contribution in [1.29, 1.82) is 0 Å². The first-order valence-electron chi connectivity index (χ1n) is 5.47. The molecule has 0 heterocycles. The maximum Gasteiger partial charge on any atom is 0.130 e. The average molecular weight is 286 g/mol. The monoisotopic (exact) mass is 286 g/mol. The third-order valence-electron chi connectivity index (χ3n) is 2.74. The Balaban J connectivity index is 2.47. The summed E-state index contributed by atoms with van der Waals surface area (Å²) in [4.78, 5) is 0.594. The van der Waals surface area contributed by atoms with E-state index in [0.29, 0.717) is 9.79 Å². The maximum absolute atomic E-state index is 13.4. The highest BCUT2D eigenvalue weighted by Crippen LogP contribution is 2.35. The molecule has 0 unspecified atom stereocenters. The molecule has 0 aliphatic heterocycles. The lowest BCUT2D eigenvalue weighted by Gasteiger charge is -2.10.